The van der Waals surface area contributed by atoms with E-state index in [9.17, 15) is 0 Å². The standard InChI is InChI=1S/C15H16N4O/c16-8-13-9-17-6-7-19(13)11-15-18-10-14(20-15)12-4-2-1-3-5-12/h1-5,10,13,17H,6-7,9,11H2. The molecule has 1 N–H and O–H groups in total. The highest BCUT2D eigenvalue weighted by atomic mass is 16.4. The number of benzene rings is 1. The number of rotatable bonds is 3. The molecule has 1 fully saturated rings. The second-order valence-corrected chi connectivity index (χ2v) is 4.80. The molecule has 1 saturated heterocycles. The van der Waals surface area contributed by atoms with Gasteiger partial charge in [0, 0.05) is 25.2 Å². The van der Waals surface area contributed by atoms with Crippen molar-refractivity contribution < 1.29 is 4.42 Å². The van der Waals surface area contributed by atoms with Gasteiger partial charge in [-0.2, -0.15) is 5.26 Å². The lowest BCUT2D eigenvalue weighted by atomic mass is 10.2. The Balaban J connectivity index is 1.73. The van der Waals surface area contributed by atoms with Crippen molar-refractivity contribution in [2.45, 2.75) is 12.6 Å². The van der Waals surface area contributed by atoms with Crippen molar-refractivity contribution in [3.8, 4) is 17.4 Å². The molecule has 1 aliphatic heterocycles. The van der Waals surface area contributed by atoms with Gasteiger partial charge in [-0.25, -0.2) is 4.98 Å². The largest absolute Gasteiger partial charge is 0.439 e. The molecule has 0 amide bonds. The first-order valence-electron chi connectivity index (χ1n) is 6.71. The quantitative estimate of drug-likeness (QED) is 0.916. The van der Waals surface area contributed by atoms with E-state index in [2.05, 4.69) is 21.3 Å². The maximum Gasteiger partial charge on any atom is 0.209 e. The summed E-state index contributed by atoms with van der Waals surface area (Å²) in [5.41, 5.74) is 1.02. The van der Waals surface area contributed by atoms with Crippen LogP contribution in [0, 0.1) is 11.3 Å². The van der Waals surface area contributed by atoms with Crippen molar-refractivity contribution in [3.63, 3.8) is 0 Å². The first-order valence-corrected chi connectivity index (χ1v) is 6.71. The first-order chi connectivity index (χ1) is 9.86. The minimum Gasteiger partial charge on any atom is -0.439 e. The van der Waals surface area contributed by atoms with Gasteiger partial charge in [0.05, 0.1) is 18.8 Å². The summed E-state index contributed by atoms with van der Waals surface area (Å²) in [5, 5.41) is 12.4. The number of hydrogen-bond acceptors (Lipinski definition) is 5. The molecule has 20 heavy (non-hydrogen) atoms. The van der Waals surface area contributed by atoms with Crippen LogP contribution >= 0.6 is 0 Å². The van der Waals surface area contributed by atoms with Gasteiger partial charge in [0.1, 0.15) is 6.04 Å². The number of nitrogens with zero attached hydrogens (tertiary/aromatic N) is 3. The second kappa shape index (κ2) is 5.87. The summed E-state index contributed by atoms with van der Waals surface area (Å²) in [5.74, 6) is 1.43. The van der Waals surface area contributed by atoms with Crippen molar-refractivity contribution >= 4 is 0 Å². The average molecular weight is 268 g/mol. The van der Waals surface area contributed by atoms with Crippen LogP contribution in [-0.4, -0.2) is 35.6 Å². The van der Waals surface area contributed by atoms with Crippen LogP contribution in [0.1, 0.15) is 5.89 Å². The lowest BCUT2D eigenvalue weighted by Crippen LogP contribution is -2.50. The summed E-state index contributed by atoms with van der Waals surface area (Å²) >= 11 is 0. The summed E-state index contributed by atoms with van der Waals surface area (Å²) in [6.07, 6.45) is 1.74. The van der Waals surface area contributed by atoms with Crippen LogP contribution < -0.4 is 5.32 Å². The van der Waals surface area contributed by atoms with E-state index in [1.165, 1.54) is 0 Å². The van der Waals surface area contributed by atoms with Gasteiger partial charge in [0.25, 0.3) is 0 Å². The van der Waals surface area contributed by atoms with Crippen LogP contribution in [0.15, 0.2) is 40.9 Å². The Bertz CT molecular complexity index is 602. The summed E-state index contributed by atoms with van der Waals surface area (Å²) in [6.45, 7) is 3.00. The van der Waals surface area contributed by atoms with Gasteiger partial charge in [-0.3, -0.25) is 4.90 Å². The van der Waals surface area contributed by atoms with E-state index in [1.807, 2.05) is 30.3 Å². The SMILES string of the molecule is N#CC1CNCCN1Cc1ncc(-c2ccccc2)o1. The second-order valence-electron chi connectivity index (χ2n) is 4.80. The van der Waals surface area contributed by atoms with Gasteiger partial charge in [-0.1, -0.05) is 30.3 Å². The lowest BCUT2D eigenvalue weighted by molar-refractivity contribution is 0.173. The van der Waals surface area contributed by atoms with E-state index in [0.717, 1.165) is 24.4 Å². The molecule has 1 aromatic heterocycles. The maximum atomic E-state index is 9.14. The predicted octanol–water partition coefficient (Wildman–Crippen LogP) is 1.64. The molecule has 1 aromatic carbocycles. The highest BCUT2D eigenvalue weighted by molar-refractivity contribution is 5.55. The molecule has 5 heteroatoms. The van der Waals surface area contributed by atoms with Crippen molar-refractivity contribution in [1.29, 1.82) is 5.26 Å². The number of piperazine rings is 1. The van der Waals surface area contributed by atoms with E-state index in [4.69, 9.17) is 9.68 Å². The van der Waals surface area contributed by atoms with Gasteiger partial charge in [0.2, 0.25) is 5.89 Å². The third kappa shape index (κ3) is 2.72. The minimum absolute atomic E-state index is 0.115. The number of nitriles is 1. The first kappa shape index (κ1) is 12.9. The number of hydrogen-bond donors (Lipinski definition) is 1. The van der Waals surface area contributed by atoms with Crippen LogP contribution in [-0.2, 0) is 6.54 Å². The van der Waals surface area contributed by atoms with Crippen molar-refractivity contribution in [2.75, 3.05) is 19.6 Å². The minimum atomic E-state index is -0.115. The maximum absolute atomic E-state index is 9.14. The highest BCUT2D eigenvalue weighted by Gasteiger charge is 2.23. The van der Waals surface area contributed by atoms with Crippen LogP contribution in [0.2, 0.25) is 0 Å². The zero-order valence-electron chi connectivity index (χ0n) is 11.1. The predicted molar refractivity (Wildman–Crippen MR) is 74.6 cm³/mol. The zero-order chi connectivity index (χ0) is 13.8. The Kier molecular flexibility index (Phi) is 3.77. The van der Waals surface area contributed by atoms with Crippen LogP contribution in [0.4, 0.5) is 0 Å². The van der Waals surface area contributed by atoms with Crippen molar-refractivity contribution in [1.82, 2.24) is 15.2 Å². The van der Waals surface area contributed by atoms with Crippen LogP contribution in [0.5, 0.6) is 0 Å². The van der Waals surface area contributed by atoms with E-state index in [1.54, 1.807) is 6.20 Å². The molecule has 0 radical (unpaired) electrons. The molecule has 2 heterocycles. The Labute approximate surface area is 117 Å². The van der Waals surface area contributed by atoms with E-state index >= 15 is 0 Å². The molecule has 2 aromatic rings. The summed E-state index contributed by atoms with van der Waals surface area (Å²) in [7, 11) is 0. The van der Waals surface area contributed by atoms with E-state index in [0.29, 0.717) is 19.0 Å². The van der Waals surface area contributed by atoms with Crippen LogP contribution in [0.3, 0.4) is 0 Å². The fraction of sp³-hybridized carbons (Fsp3) is 0.333. The molecule has 5 nitrogen and oxygen atoms in total. The van der Waals surface area contributed by atoms with Gasteiger partial charge in [-0.05, 0) is 0 Å². The molecule has 1 aliphatic rings. The fourth-order valence-corrected chi connectivity index (χ4v) is 2.36. The van der Waals surface area contributed by atoms with Crippen LogP contribution in [0.25, 0.3) is 11.3 Å². The Hall–Kier alpha value is -2.16. The Morgan fingerprint density at radius 3 is 3.05 bits per heavy atom. The molecular weight excluding hydrogens is 252 g/mol. The fourth-order valence-electron chi connectivity index (χ4n) is 2.36. The number of aromatic nitrogens is 1. The van der Waals surface area contributed by atoms with Gasteiger partial charge >= 0.3 is 0 Å². The van der Waals surface area contributed by atoms with E-state index in [-0.39, 0.29) is 6.04 Å². The van der Waals surface area contributed by atoms with Crippen molar-refractivity contribution in [2.24, 2.45) is 0 Å². The normalized spacial score (nSPS) is 19.6. The molecular formula is C15H16N4O. The lowest BCUT2D eigenvalue weighted by Gasteiger charge is -2.30. The Morgan fingerprint density at radius 1 is 1.40 bits per heavy atom. The monoisotopic (exact) mass is 268 g/mol. The smallest absolute Gasteiger partial charge is 0.209 e. The molecule has 0 aliphatic carbocycles. The summed E-state index contributed by atoms with van der Waals surface area (Å²) in [4.78, 5) is 6.41. The third-order valence-electron chi connectivity index (χ3n) is 3.45. The average Bonchev–Trinajstić information content (AvgIpc) is 2.97. The number of oxazole rings is 1. The summed E-state index contributed by atoms with van der Waals surface area (Å²) in [6, 6.07) is 12.1. The molecule has 0 bridgehead atoms. The molecule has 0 spiro atoms. The topological polar surface area (TPSA) is 65.1 Å². The van der Waals surface area contributed by atoms with Gasteiger partial charge in [0.15, 0.2) is 5.76 Å². The highest BCUT2D eigenvalue weighted by Crippen LogP contribution is 2.20. The summed E-state index contributed by atoms with van der Waals surface area (Å²) < 4.78 is 5.78. The molecule has 3 rings (SSSR count). The van der Waals surface area contributed by atoms with E-state index < -0.39 is 0 Å². The molecule has 0 saturated carbocycles. The van der Waals surface area contributed by atoms with Gasteiger partial charge < -0.3 is 9.73 Å². The zero-order valence-corrected chi connectivity index (χ0v) is 11.1. The molecule has 102 valence electrons. The molecule has 1 unspecified atom stereocenters. The Morgan fingerprint density at radius 2 is 2.25 bits per heavy atom. The van der Waals surface area contributed by atoms with Crippen molar-refractivity contribution in [3.05, 3.63) is 42.4 Å². The third-order valence-corrected chi connectivity index (χ3v) is 3.45. The molecule has 1 atom stereocenters. The van der Waals surface area contributed by atoms with Gasteiger partial charge in [-0.15, -0.1) is 0 Å². The number of nitrogens with one attached hydrogen (secondary N) is 1.